The molecule has 0 aliphatic carbocycles. The number of rotatable bonds is 5. The average Bonchev–Trinajstić information content (AvgIpc) is 2.96. The van der Waals surface area contributed by atoms with E-state index in [-0.39, 0.29) is 17.5 Å². The number of nitrogens with one attached hydrogen (secondary N) is 1. The Morgan fingerprint density at radius 3 is 2.67 bits per heavy atom. The molecule has 110 valence electrons. The van der Waals surface area contributed by atoms with Crippen molar-refractivity contribution in [2.75, 3.05) is 5.32 Å². The van der Waals surface area contributed by atoms with Gasteiger partial charge in [0.2, 0.25) is 5.91 Å². The number of hydrogen-bond acceptors (Lipinski definition) is 3. The molecule has 0 radical (unpaired) electrons. The number of aromatic nitrogens is 2. The number of anilines is 1. The minimum Gasteiger partial charge on any atom is -0.476 e. The average molecular weight is 287 g/mol. The fourth-order valence-corrected chi connectivity index (χ4v) is 1.79. The van der Waals surface area contributed by atoms with Crippen LogP contribution in [0.25, 0.3) is 5.69 Å². The van der Waals surface area contributed by atoms with Gasteiger partial charge < -0.3 is 10.4 Å². The van der Waals surface area contributed by atoms with Gasteiger partial charge in [0.15, 0.2) is 5.69 Å². The largest absolute Gasteiger partial charge is 0.476 e. The number of hydrogen-bond donors (Lipinski definition) is 2. The van der Waals surface area contributed by atoms with Crippen molar-refractivity contribution in [2.45, 2.75) is 20.3 Å². The van der Waals surface area contributed by atoms with Crippen molar-refractivity contribution in [3.8, 4) is 5.69 Å². The van der Waals surface area contributed by atoms with Crippen LogP contribution < -0.4 is 5.32 Å². The lowest BCUT2D eigenvalue weighted by Crippen LogP contribution is -2.20. The number of carbonyl (C=O) groups is 2. The van der Waals surface area contributed by atoms with Crippen molar-refractivity contribution < 1.29 is 14.7 Å². The van der Waals surface area contributed by atoms with Crippen LogP contribution in [0.1, 0.15) is 30.8 Å². The minimum atomic E-state index is -1.09. The molecule has 0 bridgehead atoms. The summed E-state index contributed by atoms with van der Waals surface area (Å²) in [4.78, 5) is 22.9. The number of carboxylic acid groups (broad SMARTS) is 1. The monoisotopic (exact) mass is 287 g/mol. The maximum atomic E-state index is 12.0. The van der Waals surface area contributed by atoms with Crippen molar-refractivity contribution in [2.24, 2.45) is 5.92 Å². The summed E-state index contributed by atoms with van der Waals surface area (Å²) in [6.45, 7) is 3.80. The van der Waals surface area contributed by atoms with E-state index in [0.717, 1.165) is 6.42 Å². The van der Waals surface area contributed by atoms with Crippen molar-refractivity contribution in [1.29, 1.82) is 0 Å². The van der Waals surface area contributed by atoms with Gasteiger partial charge in [0.05, 0.1) is 11.4 Å². The summed E-state index contributed by atoms with van der Waals surface area (Å²) in [7, 11) is 0. The van der Waals surface area contributed by atoms with Gasteiger partial charge in [-0.3, -0.25) is 4.79 Å². The SMILES string of the molecule is CCC(C)C(=O)Nc1ccccc1-n1ccc(C(=O)O)n1. The van der Waals surface area contributed by atoms with Crippen molar-refractivity contribution in [3.63, 3.8) is 0 Å². The molecule has 0 saturated carbocycles. The Morgan fingerprint density at radius 1 is 1.33 bits per heavy atom. The van der Waals surface area contributed by atoms with Gasteiger partial charge in [0, 0.05) is 12.1 Å². The number of carbonyl (C=O) groups excluding carboxylic acids is 1. The third-order valence-corrected chi connectivity index (χ3v) is 3.28. The molecule has 0 aliphatic heterocycles. The van der Waals surface area contributed by atoms with E-state index in [1.165, 1.54) is 10.7 Å². The van der Waals surface area contributed by atoms with E-state index in [1.54, 1.807) is 30.5 Å². The van der Waals surface area contributed by atoms with E-state index in [1.807, 2.05) is 13.8 Å². The lowest BCUT2D eigenvalue weighted by molar-refractivity contribution is -0.119. The van der Waals surface area contributed by atoms with Gasteiger partial charge in [-0.1, -0.05) is 26.0 Å². The van der Waals surface area contributed by atoms with E-state index in [2.05, 4.69) is 10.4 Å². The second-order valence-corrected chi connectivity index (χ2v) is 4.77. The molecule has 0 aliphatic rings. The third-order valence-electron chi connectivity index (χ3n) is 3.28. The van der Waals surface area contributed by atoms with Gasteiger partial charge in [0.25, 0.3) is 0 Å². The highest BCUT2D eigenvalue weighted by Gasteiger charge is 2.14. The fourth-order valence-electron chi connectivity index (χ4n) is 1.79. The summed E-state index contributed by atoms with van der Waals surface area (Å²) < 4.78 is 1.44. The van der Waals surface area contributed by atoms with E-state index >= 15 is 0 Å². The number of aromatic carboxylic acids is 1. The van der Waals surface area contributed by atoms with Gasteiger partial charge in [-0.15, -0.1) is 0 Å². The van der Waals surface area contributed by atoms with E-state index in [0.29, 0.717) is 11.4 Å². The third kappa shape index (κ3) is 3.28. The minimum absolute atomic E-state index is 0.0435. The highest BCUT2D eigenvalue weighted by Crippen LogP contribution is 2.20. The lowest BCUT2D eigenvalue weighted by atomic mass is 10.1. The normalized spacial score (nSPS) is 11.9. The van der Waals surface area contributed by atoms with Crippen LogP contribution >= 0.6 is 0 Å². The Bertz CT molecular complexity index is 664. The van der Waals surface area contributed by atoms with Gasteiger partial charge in [-0.05, 0) is 24.6 Å². The van der Waals surface area contributed by atoms with E-state index in [4.69, 9.17) is 5.11 Å². The fraction of sp³-hybridized carbons (Fsp3) is 0.267. The Hall–Kier alpha value is -2.63. The predicted octanol–water partition coefficient (Wildman–Crippen LogP) is 2.56. The zero-order valence-electron chi connectivity index (χ0n) is 11.9. The first-order valence-electron chi connectivity index (χ1n) is 6.72. The van der Waals surface area contributed by atoms with E-state index in [9.17, 15) is 9.59 Å². The molecule has 6 heteroatoms. The Labute approximate surface area is 122 Å². The molecule has 1 atom stereocenters. The van der Waals surface area contributed by atoms with Crippen molar-refractivity contribution >= 4 is 17.6 Å². The number of benzene rings is 1. The molecule has 6 nitrogen and oxygen atoms in total. The highest BCUT2D eigenvalue weighted by molar-refractivity contribution is 5.94. The maximum absolute atomic E-state index is 12.0. The first-order valence-corrected chi connectivity index (χ1v) is 6.72. The predicted molar refractivity (Wildman–Crippen MR) is 78.6 cm³/mol. The van der Waals surface area contributed by atoms with Crippen LogP contribution in [0.15, 0.2) is 36.5 Å². The Kier molecular flexibility index (Phi) is 4.37. The summed E-state index contributed by atoms with van der Waals surface area (Å²) in [5.41, 5.74) is 1.18. The first kappa shape index (κ1) is 14.8. The van der Waals surface area contributed by atoms with Crippen LogP contribution in [0.3, 0.4) is 0 Å². The standard InChI is InChI=1S/C15H17N3O3/c1-3-10(2)14(19)16-11-6-4-5-7-13(11)18-9-8-12(17-18)15(20)21/h4-10H,3H2,1-2H3,(H,16,19)(H,20,21). The quantitative estimate of drug-likeness (QED) is 0.885. The molecule has 1 amide bonds. The molecule has 0 saturated heterocycles. The van der Waals surface area contributed by atoms with Crippen molar-refractivity contribution in [1.82, 2.24) is 9.78 Å². The maximum Gasteiger partial charge on any atom is 0.356 e. The van der Waals surface area contributed by atoms with Gasteiger partial charge >= 0.3 is 5.97 Å². The van der Waals surface area contributed by atoms with Crippen LogP contribution in [-0.2, 0) is 4.79 Å². The summed E-state index contributed by atoms with van der Waals surface area (Å²) in [5.74, 6) is -1.25. The zero-order valence-corrected chi connectivity index (χ0v) is 11.9. The summed E-state index contributed by atoms with van der Waals surface area (Å²) in [6.07, 6.45) is 2.30. The molecule has 21 heavy (non-hydrogen) atoms. The van der Waals surface area contributed by atoms with Crippen LogP contribution in [0.4, 0.5) is 5.69 Å². The van der Waals surface area contributed by atoms with Gasteiger partial charge in [-0.2, -0.15) is 5.10 Å². The number of amides is 1. The van der Waals surface area contributed by atoms with Crippen LogP contribution in [0.2, 0.25) is 0 Å². The molecular weight excluding hydrogens is 270 g/mol. The van der Waals surface area contributed by atoms with E-state index < -0.39 is 5.97 Å². The zero-order chi connectivity index (χ0) is 15.4. The molecule has 0 fully saturated rings. The summed E-state index contributed by atoms with van der Waals surface area (Å²) >= 11 is 0. The molecule has 1 aromatic carbocycles. The van der Waals surface area contributed by atoms with Crippen LogP contribution in [0.5, 0.6) is 0 Å². The smallest absolute Gasteiger partial charge is 0.356 e. The van der Waals surface area contributed by atoms with Gasteiger partial charge in [0.1, 0.15) is 0 Å². The molecule has 1 aromatic heterocycles. The van der Waals surface area contributed by atoms with Gasteiger partial charge in [-0.25, -0.2) is 9.48 Å². The molecule has 0 spiro atoms. The molecule has 2 rings (SSSR count). The Morgan fingerprint density at radius 2 is 2.05 bits per heavy atom. The topological polar surface area (TPSA) is 84.2 Å². The number of carboxylic acids is 1. The summed E-state index contributed by atoms with van der Waals surface area (Å²) in [6, 6.07) is 8.55. The molecule has 1 unspecified atom stereocenters. The molecule has 2 aromatic rings. The first-order chi connectivity index (χ1) is 10.0. The lowest BCUT2D eigenvalue weighted by Gasteiger charge is -2.13. The second kappa shape index (κ2) is 6.21. The van der Waals surface area contributed by atoms with Crippen molar-refractivity contribution in [3.05, 3.63) is 42.2 Å². The molecule has 1 heterocycles. The molecule has 2 N–H and O–H groups in total. The summed E-state index contributed by atoms with van der Waals surface area (Å²) in [5, 5.41) is 15.7. The number of nitrogens with zero attached hydrogens (tertiary/aromatic N) is 2. The van der Waals surface area contributed by atoms with Crippen LogP contribution in [-0.4, -0.2) is 26.8 Å². The molecular formula is C15H17N3O3. The Balaban J connectivity index is 2.32. The number of para-hydroxylation sites is 2. The highest BCUT2D eigenvalue weighted by atomic mass is 16.4. The second-order valence-electron chi connectivity index (χ2n) is 4.77. The van der Waals surface area contributed by atoms with Crippen LogP contribution in [0, 0.1) is 5.92 Å².